The summed E-state index contributed by atoms with van der Waals surface area (Å²) in [6.07, 6.45) is -0.450. The summed E-state index contributed by atoms with van der Waals surface area (Å²) in [5, 5.41) is 63.5. The average Bonchev–Trinajstić information content (AvgIpc) is 3.65. The van der Waals surface area contributed by atoms with E-state index in [-0.39, 0.29) is 46.8 Å². The van der Waals surface area contributed by atoms with Crippen molar-refractivity contribution in [2.24, 2.45) is 45.3 Å². The van der Waals surface area contributed by atoms with Gasteiger partial charge in [0.15, 0.2) is 18.9 Å². The number of aliphatic hydroxyl groups is 6. The predicted molar refractivity (Wildman–Crippen MR) is 202 cm³/mol. The van der Waals surface area contributed by atoms with Crippen molar-refractivity contribution < 1.29 is 59.1 Å². The van der Waals surface area contributed by atoms with E-state index in [2.05, 4.69) is 60.6 Å². The molecule has 55 heavy (non-hydrogen) atoms. The second-order valence-corrected chi connectivity index (χ2v) is 19.9. The van der Waals surface area contributed by atoms with Crippen LogP contribution in [0, 0.1) is 45.3 Å². The molecule has 0 aromatic rings. The van der Waals surface area contributed by atoms with Crippen molar-refractivity contribution in [3.63, 3.8) is 0 Å². The zero-order valence-corrected chi connectivity index (χ0v) is 34.5. The zero-order valence-electron chi connectivity index (χ0n) is 34.5. The summed E-state index contributed by atoms with van der Waals surface area (Å²) in [5.41, 5.74) is 2.94. The van der Waals surface area contributed by atoms with E-state index in [1.165, 1.54) is 24.8 Å². The Kier molecular flexibility index (Phi) is 11.7. The fraction of sp³-hybridized carbons (Fsp3) is 0.907. The van der Waals surface area contributed by atoms with Crippen molar-refractivity contribution in [3.8, 4) is 0 Å². The molecule has 0 bridgehead atoms. The van der Waals surface area contributed by atoms with Crippen LogP contribution in [0.2, 0.25) is 0 Å². The molecule has 3 unspecified atom stereocenters. The van der Waals surface area contributed by atoms with E-state index in [4.69, 9.17) is 28.4 Å². The molecule has 12 heteroatoms. The van der Waals surface area contributed by atoms with Gasteiger partial charge in [0.25, 0.3) is 0 Å². The van der Waals surface area contributed by atoms with Crippen LogP contribution < -0.4 is 0 Å². The summed E-state index contributed by atoms with van der Waals surface area (Å²) in [6, 6.07) is 0. The molecule has 20 atom stereocenters. The van der Waals surface area contributed by atoms with Gasteiger partial charge in [-0.15, -0.1) is 0 Å². The number of ether oxygens (including phenoxy) is 6. The largest absolute Gasteiger partial charge is 0.388 e. The van der Waals surface area contributed by atoms with Crippen molar-refractivity contribution in [3.05, 3.63) is 23.3 Å². The van der Waals surface area contributed by atoms with Crippen LogP contribution >= 0.6 is 0 Å². The molecule has 3 aliphatic heterocycles. The van der Waals surface area contributed by atoms with Gasteiger partial charge in [0.05, 0.1) is 24.9 Å². The summed E-state index contributed by atoms with van der Waals surface area (Å²) in [5.74, 6) is 1.68. The molecule has 7 rings (SSSR count). The molecule has 0 aromatic heterocycles. The Bertz CT molecular complexity index is 1450. The lowest BCUT2D eigenvalue weighted by Gasteiger charge is -2.65. The number of methoxy groups -OCH3 is 1. The van der Waals surface area contributed by atoms with Crippen LogP contribution in [0.1, 0.15) is 107 Å². The number of aliphatic hydroxyl groups excluding tert-OH is 6. The first-order valence-electron chi connectivity index (χ1n) is 21.0. The third-order valence-corrected chi connectivity index (χ3v) is 16.5. The van der Waals surface area contributed by atoms with Crippen LogP contribution in [0.4, 0.5) is 0 Å². The Morgan fingerprint density at radius 1 is 0.800 bits per heavy atom. The highest BCUT2D eigenvalue weighted by Crippen LogP contribution is 2.74. The number of allylic oxidation sites excluding steroid dienone is 3. The van der Waals surface area contributed by atoms with Gasteiger partial charge in [-0.25, -0.2) is 0 Å². The first-order chi connectivity index (χ1) is 25.8. The summed E-state index contributed by atoms with van der Waals surface area (Å²) < 4.78 is 36.4. The first-order valence-corrected chi connectivity index (χ1v) is 21.0. The van der Waals surface area contributed by atoms with Gasteiger partial charge in [0, 0.05) is 13.0 Å². The fourth-order valence-electron chi connectivity index (χ4n) is 13.1. The Hall–Kier alpha value is -1.00. The molecule has 6 fully saturated rings. The minimum Gasteiger partial charge on any atom is -0.388 e. The standard InChI is InChI=1S/C43H70O12/c1-21(2)18-23-19-24(37(50-9)53-23)25-12-16-43(8)27-10-11-29-40(4,5)30(14-15-41(29,6)26(27)13-17-42(25,43)7)55-39-36(49)34(47)32(45)28(54-39)20-51-38-35(48)33(46)31(44)22(3)52-38/h10,18,22-26,28-39,44-49H,11-17,19-20H2,1-9H3/t22-,23?,24-,25-,26?,28+,29?,30-,31-,32+,33-,34-,35+,36+,37-,38+,39-,41+,42-,43+/m0/s1. The third kappa shape index (κ3) is 6.84. The number of fused-ring (bicyclic) bond motifs is 5. The molecule has 0 amide bonds. The lowest BCUT2D eigenvalue weighted by Crippen LogP contribution is -2.63. The van der Waals surface area contributed by atoms with Gasteiger partial charge >= 0.3 is 0 Å². The average molecular weight is 779 g/mol. The van der Waals surface area contributed by atoms with E-state index in [1.54, 1.807) is 19.6 Å². The quantitative estimate of drug-likeness (QED) is 0.196. The summed E-state index contributed by atoms with van der Waals surface area (Å²) in [6.45, 7) is 17.6. The smallest absolute Gasteiger partial charge is 0.186 e. The number of rotatable bonds is 8. The summed E-state index contributed by atoms with van der Waals surface area (Å²) in [4.78, 5) is 0. The van der Waals surface area contributed by atoms with E-state index in [9.17, 15) is 30.6 Å². The highest BCUT2D eigenvalue weighted by molar-refractivity contribution is 5.33. The number of hydrogen-bond acceptors (Lipinski definition) is 12. The Morgan fingerprint density at radius 2 is 1.49 bits per heavy atom. The second kappa shape index (κ2) is 15.2. The minimum absolute atomic E-state index is 0.0597. The van der Waals surface area contributed by atoms with Crippen LogP contribution in [0.15, 0.2) is 23.3 Å². The van der Waals surface area contributed by atoms with Crippen molar-refractivity contribution in [1.82, 2.24) is 0 Å². The molecular formula is C43H70O12. The van der Waals surface area contributed by atoms with Crippen molar-refractivity contribution in [2.75, 3.05) is 13.7 Å². The van der Waals surface area contributed by atoms with Crippen molar-refractivity contribution in [2.45, 2.75) is 187 Å². The molecule has 314 valence electrons. The molecule has 12 nitrogen and oxygen atoms in total. The van der Waals surface area contributed by atoms with Gasteiger partial charge in [-0.05, 0) is 112 Å². The molecule has 0 radical (unpaired) electrons. The molecule has 0 spiro atoms. The van der Waals surface area contributed by atoms with Crippen molar-refractivity contribution in [1.29, 1.82) is 0 Å². The highest BCUT2D eigenvalue weighted by atomic mass is 16.7. The van der Waals surface area contributed by atoms with Crippen LogP contribution in [0.5, 0.6) is 0 Å². The molecule has 0 aromatic carbocycles. The maximum Gasteiger partial charge on any atom is 0.186 e. The van der Waals surface area contributed by atoms with Gasteiger partial charge in [-0.2, -0.15) is 0 Å². The predicted octanol–water partition coefficient (Wildman–Crippen LogP) is 3.97. The minimum atomic E-state index is -1.56. The summed E-state index contributed by atoms with van der Waals surface area (Å²) >= 11 is 0. The molecule has 3 saturated carbocycles. The normalized spacial score (nSPS) is 53.5. The molecule has 6 N–H and O–H groups in total. The van der Waals surface area contributed by atoms with Gasteiger partial charge < -0.3 is 59.1 Å². The lowest BCUT2D eigenvalue weighted by molar-refractivity contribution is -0.342. The summed E-state index contributed by atoms with van der Waals surface area (Å²) in [7, 11) is 1.79. The molecular weight excluding hydrogens is 708 g/mol. The van der Waals surface area contributed by atoms with Gasteiger partial charge in [-0.1, -0.05) is 57.9 Å². The Labute approximate surface area is 327 Å². The fourth-order valence-corrected chi connectivity index (χ4v) is 13.1. The highest BCUT2D eigenvalue weighted by Gasteiger charge is 2.67. The lowest BCUT2D eigenvalue weighted by atomic mass is 9.41. The number of hydrogen-bond donors (Lipinski definition) is 6. The molecule has 3 saturated heterocycles. The van der Waals surface area contributed by atoms with Crippen LogP contribution in [-0.4, -0.2) is 124 Å². The van der Waals surface area contributed by atoms with Gasteiger partial charge in [0.2, 0.25) is 0 Å². The first kappa shape index (κ1) is 42.1. The van der Waals surface area contributed by atoms with E-state index in [0.29, 0.717) is 23.7 Å². The Morgan fingerprint density at radius 3 is 2.18 bits per heavy atom. The van der Waals surface area contributed by atoms with Crippen LogP contribution in [0.25, 0.3) is 0 Å². The van der Waals surface area contributed by atoms with E-state index in [1.807, 2.05) is 0 Å². The molecule has 3 heterocycles. The van der Waals surface area contributed by atoms with Gasteiger partial charge in [0.1, 0.15) is 42.7 Å². The SMILES string of the molecule is CO[C@H]1OC(C=C(C)C)C[C@H]1[C@@H]1CC[C@]2(C)C3=CCC4C(C)(C)[C@@H](O[C@@H]5O[C@H](CO[C@@H]6O[C@@H](C)[C@H](O)[C@H](O)[C@H]6O)[C@@H](O)[C@H](O)[C@H]5O)CC[C@]4(C)C3CC[C@@]12C. The van der Waals surface area contributed by atoms with Crippen molar-refractivity contribution >= 4 is 0 Å². The maximum absolute atomic E-state index is 11.1. The van der Waals surface area contributed by atoms with E-state index < -0.39 is 61.4 Å². The molecule has 7 aliphatic rings. The van der Waals surface area contributed by atoms with Crippen LogP contribution in [0.3, 0.4) is 0 Å². The third-order valence-electron chi connectivity index (χ3n) is 16.5. The van der Waals surface area contributed by atoms with Gasteiger partial charge in [-0.3, -0.25) is 0 Å². The second-order valence-electron chi connectivity index (χ2n) is 19.9. The monoisotopic (exact) mass is 778 g/mol. The topological polar surface area (TPSA) is 177 Å². The molecule has 4 aliphatic carbocycles. The Balaban J connectivity index is 1.05. The zero-order chi connectivity index (χ0) is 40.0. The van der Waals surface area contributed by atoms with Crippen LogP contribution in [-0.2, 0) is 28.4 Å². The van der Waals surface area contributed by atoms with E-state index >= 15 is 0 Å². The van der Waals surface area contributed by atoms with E-state index in [0.717, 1.165) is 32.1 Å². The maximum atomic E-state index is 11.1.